The number of carbonyl (C=O) groups is 3. The lowest BCUT2D eigenvalue weighted by molar-refractivity contribution is -0.142. The normalized spacial score (nSPS) is 16.4. The minimum atomic E-state index is -1.08. The first kappa shape index (κ1) is 21.5. The van der Waals surface area contributed by atoms with Gasteiger partial charge in [0.25, 0.3) is 0 Å². The molecule has 6 nitrogen and oxygen atoms in total. The van der Waals surface area contributed by atoms with Gasteiger partial charge >= 0.3 is 5.97 Å². The standard InChI is InChI=1S/C18H19Cl3N2O4/c1-10(18(26)27)22-17(25)11-4-6-23(7-5-11)15(24)3-2-12-8-13(19)9-14(20)16(12)21/h2-3,8-11H,4-7H2,1H3,(H,22,25)(H,26,27). The van der Waals surface area contributed by atoms with Gasteiger partial charge in [0, 0.05) is 30.1 Å². The average Bonchev–Trinajstić information content (AvgIpc) is 2.63. The van der Waals surface area contributed by atoms with E-state index in [1.165, 1.54) is 19.1 Å². The first-order chi connectivity index (χ1) is 12.7. The van der Waals surface area contributed by atoms with Crippen LogP contribution in [0.15, 0.2) is 18.2 Å². The van der Waals surface area contributed by atoms with Crippen LogP contribution in [-0.2, 0) is 14.4 Å². The third-order valence-corrected chi connectivity index (χ3v) is 5.37. The number of carboxylic acids is 1. The lowest BCUT2D eigenvalue weighted by atomic mass is 9.95. The summed E-state index contributed by atoms with van der Waals surface area (Å²) >= 11 is 18.0. The number of piperidine rings is 1. The molecule has 1 aromatic rings. The van der Waals surface area contributed by atoms with Crippen LogP contribution in [0.4, 0.5) is 0 Å². The first-order valence-electron chi connectivity index (χ1n) is 8.33. The predicted molar refractivity (Wildman–Crippen MR) is 105 cm³/mol. The van der Waals surface area contributed by atoms with Crippen LogP contribution in [-0.4, -0.2) is 46.9 Å². The molecule has 1 atom stereocenters. The zero-order valence-electron chi connectivity index (χ0n) is 14.5. The van der Waals surface area contributed by atoms with Crippen molar-refractivity contribution < 1.29 is 19.5 Å². The van der Waals surface area contributed by atoms with E-state index in [1.54, 1.807) is 17.0 Å². The van der Waals surface area contributed by atoms with E-state index in [0.717, 1.165) is 0 Å². The summed E-state index contributed by atoms with van der Waals surface area (Å²) in [5.41, 5.74) is 0.541. The molecule has 2 N–H and O–H groups in total. The van der Waals surface area contributed by atoms with Crippen molar-refractivity contribution in [1.29, 1.82) is 0 Å². The van der Waals surface area contributed by atoms with Crippen molar-refractivity contribution in [3.8, 4) is 0 Å². The van der Waals surface area contributed by atoms with Gasteiger partial charge < -0.3 is 15.3 Å². The van der Waals surface area contributed by atoms with Crippen molar-refractivity contribution in [3.05, 3.63) is 38.8 Å². The van der Waals surface area contributed by atoms with Gasteiger partial charge in [-0.1, -0.05) is 34.8 Å². The van der Waals surface area contributed by atoms with E-state index in [9.17, 15) is 14.4 Å². The molecule has 1 heterocycles. The molecule has 1 saturated heterocycles. The van der Waals surface area contributed by atoms with Crippen LogP contribution in [0.25, 0.3) is 6.08 Å². The number of aliphatic carboxylic acids is 1. The molecule has 9 heteroatoms. The number of nitrogens with one attached hydrogen (secondary N) is 1. The monoisotopic (exact) mass is 432 g/mol. The molecule has 0 bridgehead atoms. The van der Waals surface area contributed by atoms with Gasteiger partial charge in [-0.05, 0) is 43.5 Å². The second-order valence-corrected chi connectivity index (χ2v) is 7.51. The maximum absolute atomic E-state index is 12.3. The molecular weight excluding hydrogens is 415 g/mol. The van der Waals surface area contributed by atoms with Crippen LogP contribution in [0, 0.1) is 5.92 Å². The van der Waals surface area contributed by atoms with Crippen molar-refractivity contribution in [2.45, 2.75) is 25.8 Å². The van der Waals surface area contributed by atoms with Crippen molar-refractivity contribution in [3.63, 3.8) is 0 Å². The number of rotatable bonds is 5. The smallest absolute Gasteiger partial charge is 0.325 e. The summed E-state index contributed by atoms with van der Waals surface area (Å²) in [6.07, 6.45) is 3.89. The van der Waals surface area contributed by atoms with Crippen LogP contribution >= 0.6 is 34.8 Å². The Bertz CT molecular complexity index is 774. The minimum Gasteiger partial charge on any atom is -0.480 e. The van der Waals surface area contributed by atoms with Crippen LogP contribution in [0.3, 0.4) is 0 Å². The Morgan fingerprint density at radius 3 is 2.44 bits per heavy atom. The Kier molecular flexibility index (Phi) is 7.53. The van der Waals surface area contributed by atoms with Gasteiger partial charge in [-0.2, -0.15) is 0 Å². The zero-order chi connectivity index (χ0) is 20.1. The molecule has 0 spiro atoms. The zero-order valence-corrected chi connectivity index (χ0v) is 16.8. The van der Waals surface area contributed by atoms with E-state index < -0.39 is 12.0 Å². The highest BCUT2D eigenvalue weighted by Crippen LogP contribution is 2.30. The molecule has 1 aliphatic rings. The summed E-state index contributed by atoms with van der Waals surface area (Å²) in [6.45, 7) is 2.23. The maximum atomic E-state index is 12.3. The van der Waals surface area contributed by atoms with E-state index in [-0.39, 0.29) is 17.7 Å². The number of halogens is 3. The molecular formula is C18H19Cl3N2O4. The maximum Gasteiger partial charge on any atom is 0.325 e. The minimum absolute atomic E-state index is 0.208. The molecule has 2 rings (SSSR count). The second-order valence-electron chi connectivity index (χ2n) is 6.29. The van der Waals surface area contributed by atoms with Gasteiger partial charge in [0.05, 0.1) is 10.0 Å². The quantitative estimate of drug-likeness (QED) is 0.550. The largest absolute Gasteiger partial charge is 0.480 e. The molecule has 0 saturated carbocycles. The number of likely N-dealkylation sites (tertiary alicyclic amines) is 1. The number of benzene rings is 1. The Balaban J connectivity index is 1.91. The van der Waals surface area contributed by atoms with Crippen LogP contribution in [0.5, 0.6) is 0 Å². The van der Waals surface area contributed by atoms with Gasteiger partial charge in [-0.3, -0.25) is 14.4 Å². The summed E-state index contributed by atoms with van der Waals surface area (Å²) in [5, 5.41) is 12.3. The molecule has 0 aliphatic carbocycles. The summed E-state index contributed by atoms with van der Waals surface area (Å²) in [6, 6.07) is 2.19. The second kappa shape index (κ2) is 9.44. The van der Waals surface area contributed by atoms with E-state index in [1.807, 2.05) is 0 Å². The number of amides is 2. The molecule has 27 heavy (non-hydrogen) atoms. The number of hydrogen-bond acceptors (Lipinski definition) is 3. The Morgan fingerprint density at radius 2 is 1.85 bits per heavy atom. The number of carboxylic acid groups (broad SMARTS) is 1. The van der Waals surface area contributed by atoms with Crippen molar-refractivity contribution in [1.82, 2.24) is 10.2 Å². The van der Waals surface area contributed by atoms with Gasteiger partial charge in [0.2, 0.25) is 11.8 Å². The molecule has 1 fully saturated rings. The third-order valence-electron chi connectivity index (χ3n) is 4.33. The SMILES string of the molecule is CC(NC(=O)C1CCN(C(=O)C=Cc2cc(Cl)cc(Cl)c2Cl)CC1)C(=O)O. The number of nitrogens with zero attached hydrogens (tertiary/aromatic N) is 1. The van der Waals surface area contributed by atoms with Gasteiger partial charge in [-0.15, -0.1) is 0 Å². The first-order valence-corrected chi connectivity index (χ1v) is 9.47. The van der Waals surface area contributed by atoms with Gasteiger partial charge in [0.15, 0.2) is 0 Å². The number of carbonyl (C=O) groups excluding carboxylic acids is 2. The van der Waals surface area contributed by atoms with Crippen molar-refractivity contribution in [2.75, 3.05) is 13.1 Å². The van der Waals surface area contributed by atoms with E-state index in [4.69, 9.17) is 39.9 Å². The van der Waals surface area contributed by atoms with Gasteiger partial charge in [0.1, 0.15) is 6.04 Å². The summed E-state index contributed by atoms with van der Waals surface area (Å²) in [5.74, 6) is -1.89. The van der Waals surface area contributed by atoms with Gasteiger partial charge in [-0.25, -0.2) is 0 Å². The Hall–Kier alpha value is -1.76. The topological polar surface area (TPSA) is 86.7 Å². The fourth-order valence-electron chi connectivity index (χ4n) is 2.72. The third kappa shape index (κ3) is 5.86. The Labute approximate surface area is 172 Å². The molecule has 146 valence electrons. The highest BCUT2D eigenvalue weighted by atomic mass is 35.5. The highest BCUT2D eigenvalue weighted by Gasteiger charge is 2.28. The summed E-state index contributed by atoms with van der Waals surface area (Å²) in [4.78, 5) is 36.9. The molecule has 1 unspecified atom stereocenters. The van der Waals surface area contributed by atoms with E-state index in [0.29, 0.717) is 46.6 Å². The molecule has 2 amide bonds. The lowest BCUT2D eigenvalue weighted by Crippen LogP contribution is -2.46. The summed E-state index contributed by atoms with van der Waals surface area (Å²) in [7, 11) is 0. The Morgan fingerprint density at radius 1 is 1.22 bits per heavy atom. The summed E-state index contributed by atoms with van der Waals surface area (Å²) < 4.78 is 0. The molecule has 1 aliphatic heterocycles. The van der Waals surface area contributed by atoms with Crippen LogP contribution in [0.2, 0.25) is 15.1 Å². The molecule has 0 aromatic heterocycles. The number of hydrogen-bond donors (Lipinski definition) is 2. The predicted octanol–water partition coefficient (Wildman–Crippen LogP) is 3.49. The molecule has 1 aromatic carbocycles. The van der Waals surface area contributed by atoms with Crippen LogP contribution < -0.4 is 5.32 Å². The highest BCUT2D eigenvalue weighted by molar-refractivity contribution is 6.44. The van der Waals surface area contributed by atoms with E-state index in [2.05, 4.69) is 5.32 Å². The fourth-order valence-corrected chi connectivity index (χ4v) is 3.40. The average molecular weight is 434 g/mol. The lowest BCUT2D eigenvalue weighted by Gasteiger charge is -2.31. The van der Waals surface area contributed by atoms with Crippen molar-refractivity contribution in [2.24, 2.45) is 5.92 Å². The molecule has 0 radical (unpaired) electrons. The van der Waals surface area contributed by atoms with Crippen LogP contribution in [0.1, 0.15) is 25.3 Å². The van der Waals surface area contributed by atoms with Crippen molar-refractivity contribution >= 4 is 58.7 Å². The fraction of sp³-hybridized carbons (Fsp3) is 0.389. The van der Waals surface area contributed by atoms with E-state index >= 15 is 0 Å².